The molecule has 0 saturated heterocycles. The predicted octanol–water partition coefficient (Wildman–Crippen LogP) is 2.59. The normalized spacial score (nSPS) is 21.8. The lowest BCUT2D eigenvalue weighted by Crippen LogP contribution is -2.32. The highest BCUT2D eigenvalue weighted by Gasteiger charge is 2.26. The number of rotatable bonds is 4. The van der Waals surface area contributed by atoms with Gasteiger partial charge >= 0.3 is 5.97 Å². The summed E-state index contributed by atoms with van der Waals surface area (Å²) in [4.78, 5) is 22.7. The quantitative estimate of drug-likeness (QED) is 0.897. The van der Waals surface area contributed by atoms with E-state index in [2.05, 4.69) is 5.32 Å². The van der Waals surface area contributed by atoms with Gasteiger partial charge in [-0.2, -0.15) is 0 Å². The molecule has 1 aliphatic rings. The molecule has 4 nitrogen and oxygen atoms in total. The van der Waals surface area contributed by atoms with Crippen molar-refractivity contribution in [3.8, 4) is 0 Å². The molecule has 0 atom stereocenters. The molecule has 2 rings (SSSR count). The zero-order valence-electron chi connectivity index (χ0n) is 11.4. The Bertz CT molecular complexity index is 519. The average molecular weight is 297 g/mol. The van der Waals surface area contributed by atoms with Crippen LogP contribution in [-0.2, 0) is 4.79 Å². The second-order valence-electron chi connectivity index (χ2n) is 5.42. The summed E-state index contributed by atoms with van der Waals surface area (Å²) < 4.78 is 26.1. The second-order valence-corrected chi connectivity index (χ2v) is 5.42. The average Bonchev–Trinajstić information content (AvgIpc) is 2.44. The third-order valence-electron chi connectivity index (χ3n) is 3.87. The Hall–Kier alpha value is -1.98. The molecule has 0 unspecified atom stereocenters. The van der Waals surface area contributed by atoms with Crippen LogP contribution in [0.25, 0.3) is 0 Å². The molecule has 0 radical (unpaired) electrons. The maximum Gasteiger partial charge on any atom is 0.306 e. The van der Waals surface area contributed by atoms with E-state index in [0.29, 0.717) is 25.5 Å². The van der Waals surface area contributed by atoms with Crippen molar-refractivity contribution in [2.45, 2.75) is 25.7 Å². The van der Waals surface area contributed by atoms with Gasteiger partial charge in [0, 0.05) is 18.2 Å². The smallest absolute Gasteiger partial charge is 0.306 e. The zero-order valence-corrected chi connectivity index (χ0v) is 11.4. The number of amides is 1. The molecule has 6 heteroatoms. The minimum atomic E-state index is -0.790. The van der Waals surface area contributed by atoms with E-state index in [4.69, 9.17) is 5.11 Å². The number of carbonyl (C=O) groups excluding carboxylic acids is 1. The van der Waals surface area contributed by atoms with Crippen LogP contribution in [0.1, 0.15) is 36.0 Å². The van der Waals surface area contributed by atoms with E-state index in [0.717, 1.165) is 25.0 Å². The first kappa shape index (κ1) is 15.4. The van der Waals surface area contributed by atoms with Gasteiger partial charge in [0.25, 0.3) is 5.91 Å². The lowest BCUT2D eigenvalue weighted by atomic mass is 9.82. The van der Waals surface area contributed by atoms with Gasteiger partial charge in [0.05, 0.1) is 5.92 Å². The molecule has 0 heterocycles. The molecule has 21 heavy (non-hydrogen) atoms. The van der Waals surface area contributed by atoms with E-state index in [-0.39, 0.29) is 17.4 Å². The Morgan fingerprint density at radius 1 is 1.10 bits per heavy atom. The summed E-state index contributed by atoms with van der Waals surface area (Å²) >= 11 is 0. The molecule has 1 aromatic rings. The maximum absolute atomic E-state index is 13.0. The van der Waals surface area contributed by atoms with Crippen LogP contribution < -0.4 is 5.32 Å². The van der Waals surface area contributed by atoms with Crippen molar-refractivity contribution in [1.29, 1.82) is 0 Å². The van der Waals surface area contributed by atoms with E-state index < -0.39 is 23.5 Å². The topological polar surface area (TPSA) is 66.4 Å². The van der Waals surface area contributed by atoms with Crippen LogP contribution in [0, 0.1) is 23.5 Å². The van der Waals surface area contributed by atoms with Crippen molar-refractivity contribution in [2.75, 3.05) is 6.54 Å². The molecule has 2 N–H and O–H groups in total. The monoisotopic (exact) mass is 297 g/mol. The summed E-state index contributed by atoms with van der Waals surface area (Å²) in [5.41, 5.74) is -0.0493. The zero-order chi connectivity index (χ0) is 15.4. The fourth-order valence-electron chi connectivity index (χ4n) is 2.64. The second kappa shape index (κ2) is 6.65. The van der Waals surface area contributed by atoms with Gasteiger partial charge in [-0.1, -0.05) is 0 Å². The molecule has 1 aromatic carbocycles. The van der Waals surface area contributed by atoms with Crippen LogP contribution >= 0.6 is 0 Å². The Kier molecular flexibility index (Phi) is 4.88. The lowest BCUT2D eigenvalue weighted by molar-refractivity contribution is -0.143. The predicted molar refractivity (Wildman–Crippen MR) is 71.8 cm³/mol. The van der Waals surface area contributed by atoms with Gasteiger partial charge in [-0.25, -0.2) is 8.78 Å². The molecule has 0 bridgehead atoms. The largest absolute Gasteiger partial charge is 0.481 e. The first-order chi connectivity index (χ1) is 9.95. The van der Waals surface area contributed by atoms with E-state index in [1.807, 2.05) is 0 Å². The highest BCUT2D eigenvalue weighted by Crippen LogP contribution is 2.28. The SMILES string of the molecule is O=C(NCC1CCC(C(=O)O)CC1)c1cc(F)cc(F)c1. The van der Waals surface area contributed by atoms with Crippen molar-refractivity contribution in [3.05, 3.63) is 35.4 Å². The number of halogens is 2. The minimum Gasteiger partial charge on any atom is -0.481 e. The Balaban J connectivity index is 1.83. The van der Waals surface area contributed by atoms with E-state index >= 15 is 0 Å². The number of aliphatic carboxylic acids is 1. The van der Waals surface area contributed by atoms with Crippen LogP contribution in [0.2, 0.25) is 0 Å². The first-order valence-electron chi connectivity index (χ1n) is 6.93. The molecular formula is C15H17F2NO3. The third-order valence-corrected chi connectivity index (χ3v) is 3.87. The molecule has 0 aromatic heterocycles. The Morgan fingerprint density at radius 2 is 1.67 bits per heavy atom. The first-order valence-corrected chi connectivity index (χ1v) is 6.93. The number of carbonyl (C=O) groups is 2. The standard InChI is InChI=1S/C15H17F2NO3/c16-12-5-11(6-13(17)7-12)14(19)18-8-9-1-3-10(4-2-9)15(20)21/h5-7,9-10H,1-4,8H2,(H,18,19)(H,20,21). The number of carboxylic acids is 1. The Morgan fingerprint density at radius 3 is 2.19 bits per heavy atom. The van der Waals surface area contributed by atoms with Gasteiger partial charge in [0.2, 0.25) is 0 Å². The number of benzene rings is 1. The molecule has 1 saturated carbocycles. The van der Waals surface area contributed by atoms with Gasteiger partial charge in [0.1, 0.15) is 11.6 Å². The fourth-order valence-corrected chi connectivity index (χ4v) is 2.64. The molecule has 114 valence electrons. The molecule has 1 aliphatic carbocycles. The van der Waals surface area contributed by atoms with Crippen LogP contribution in [-0.4, -0.2) is 23.5 Å². The number of nitrogens with one attached hydrogen (secondary N) is 1. The van der Waals surface area contributed by atoms with Crippen molar-refractivity contribution in [3.63, 3.8) is 0 Å². The summed E-state index contributed by atoms with van der Waals surface area (Å²) in [6, 6.07) is 2.68. The van der Waals surface area contributed by atoms with Gasteiger partial charge in [-0.05, 0) is 43.7 Å². The summed E-state index contributed by atoms with van der Waals surface area (Å²) in [5.74, 6) is -2.96. The van der Waals surface area contributed by atoms with E-state index in [1.165, 1.54) is 0 Å². The van der Waals surface area contributed by atoms with E-state index in [1.54, 1.807) is 0 Å². The Labute approximate surface area is 121 Å². The van der Waals surface area contributed by atoms with Gasteiger partial charge in [0.15, 0.2) is 0 Å². The maximum atomic E-state index is 13.0. The molecule has 1 fully saturated rings. The highest BCUT2D eigenvalue weighted by atomic mass is 19.1. The van der Waals surface area contributed by atoms with Crippen molar-refractivity contribution >= 4 is 11.9 Å². The molecule has 0 aliphatic heterocycles. The van der Waals surface area contributed by atoms with Crippen molar-refractivity contribution in [2.24, 2.45) is 11.8 Å². The van der Waals surface area contributed by atoms with Crippen molar-refractivity contribution < 1.29 is 23.5 Å². The summed E-state index contributed by atoms with van der Waals surface area (Å²) in [6.07, 6.45) is 2.67. The summed E-state index contributed by atoms with van der Waals surface area (Å²) in [5, 5.41) is 11.5. The lowest BCUT2D eigenvalue weighted by Gasteiger charge is -2.26. The van der Waals surface area contributed by atoms with Crippen molar-refractivity contribution in [1.82, 2.24) is 5.32 Å². The molecule has 0 spiro atoms. The molecular weight excluding hydrogens is 280 g/mol. The van der Waals surface area contributed by atoms with Crippen LogP contribution in [0.4, 0.5) is 8.78 Å². The summed E-state index contributed by atoms with van der Waals surface area (Å²) in [7, 11) is 0. The van der Waals surface area contributed by atoms with Crippen LogP contribution in [0.3, 0.4) is 0 Å². The van der Waals surface area contributed by atoms with Gasteiger partial charge in [-0.15, -0.1) is 0 Å². The van der Waals surface area contributed by atoms with E-state index in [9.17, 15) is 18.4 Å². The number of carboxylic acid groups (broad SMARTS) is 1. The number of hydrogen-bond donors (Lipinski definition) is 2. The highest BCUT2D eigenvalue weighted by molar-refractivity contribution is 5.94. The minimum absolute atomic E-state index is 0.0493. The summed E-state index contributed by atoms with van der Waals surface area (Å²) in [6.45, 7) is 0.392. The van der Waals surface area contributed by atoms with Crippen LogP contribution in [0.5, 0.6) is 0 Å². The van der Waals surface area contributed by atoms with Crippen LogP contribution in [0.15, 0.2) is 18.2 Å². The fraction of sp³-hybridized carbons (Fsp3) is 0.467. The van der Waals surface area contributed by atoms with Gasteiger partial charge < -0.3 is 10.4 Å². The molecule has 1 amide bonds. The third kappa shape index (κ3) is 4.24. The number of hydrogen-bond acceptors (Lipinski definition) is 2. The van der Waals surface area contributed by atoms with Gasteiger partial charge in [-0.3, -0.25) is 9.59 Å².